The van der Waals surface area contributed by atoms with Crippen LogP contribution >= 0.6 is 11.6 Å². The zero-order valence-corrected chi connectivity index (χ0v) is 19.1. The molecule has 1 fully saturated rings. The van der Waals surface area contributed by atoms with E-state index in [2.05, 4.69) is 40.4 Å². The molecule has 0 N–H and O–H groups in total. The first kappa shape index (κ1) is 22.6. The highest BCUT2D eigenvalue weighted by Crippen LogP contribution is 2.28. The van der Waals surface area contributed by atoms with Crippen LogP contribution in [0.3, 0.4) is 0 Å². The van der Waals surface area contributed by atoms with E-state index in [1.54, 1.807) is 12.1 Å². The Morgan fingerprint density at radius 3 is 2.38 bits per heavy atom. The molecule has 0 unspecified atom stereocenters. The Morgan fingerprint density at radius 1 is 0.875 bits per heavy atom. The van der Waals surface area contributed by atoms with Crippen molar-refractivity contribution >= 4 is 17.5 Å². The molecule has 1 aromatic heterocycles. The summed E-state index contributed by atoms with van der Waals surface area (Å²) in [6.07, 6.45) is 5.47. The third kappa shape index (κ3) is 5.99. The summed E-state index contributed by atoms with van der Waals surface area (Å²) < 4.78 is 5.46. The summed E-state index contributed by atoms with van der Waals surface area (Å²) in [5.41, 5.74) is 2.43. The van der Waals surface area contributed by atoms with Crippen molar-refractivity contribution in [2.75, 3.05) is 26.2 Å². The first-order chi connectivity index (χ1) is 15.7. The summed E-state index contributed by atoms with van der Waals surface area (Å²) in [5, 5.41) is 4.64. The standard InChI is InChI=1S/C26H30ClN3O2/c27-23-14-7-6-13-22(23)25-19-24(28-32-25)26(31)30-17-9-2-1-8-15-29(16-10-18-30)20-21-11-4-3-5-12-21/h3-7,11-14,19H,1-2,8-10,15-18,20H2. The van der Waals surface area contributed by atoms with Crippen LogP contribution in [0.5, 0.6) is 0 Å². The predicted octanol–water partition coefficient (Wildman–Crippen LogP) is 5.90. The summed E-state index contributed by atoms with van der Waals surface area (Å²) in [6.45, 7) is 4.51. The molecule has 0 radical (unpaired) electrons. The number of halogens is 1. The van der Waals surface area contributed by atoms with Gasteiger partial charge in [-0.25, -0.2) is 0 Å². The maximum Gasteiger partial charge on any atom is 0.276 e. The van der Waals surface area contributed by atoms with Gasteiger partial charge in [-0.05, 0) is 43.5 Å². The van der Waals surface area contributed by atoms with Crippen molar-refractivity contribution in [3.63, 3.8) is 0 Å². The fourth-order valence-corrected chi connectivity index (χ4v) is 4.46. The van der Waals surface area contributed by atoms with Gasteiger partial charge in [-0.1, -0.05) is 72.1 Å². The molecule has 1 aliphatic heterocycles. The zero-order chi connectivity index (χ0) is 22.2. The molecular weight excluding hydrogens is 422 g/mol. The minimum Gasteiger partial charge on any atom is -0.355 e. The van der Waals surface area contributed by atoms with Gasteiger partial charge in [0.15, 0.2) is 11.5 Å². The molecule has 1 saturated heterocycles. The van der Waals surface area contributed by atoms with Gasteiger partial charge in [0.1, 0.15) is 0 Å². The largest absolute Gasteiger partial charge is 0.355 e. The van der Waals surface area contributed by atoms with Crippen LogP contribution in [0.4, 0.5) is 0 Å². The molecule has 3 aromatic rings. The van der Waals surface area contributed by atoms with E-state index >= 15 is 0 Å². The SMILES string of the molecule is O=C(c1cc(-c2ccccc2Cl)on1)N1CCCCCCN(Cc2ccccc2)CCC1. The lowest BCUT2D eigenvalue weighted by molar-refractivity contribution is 0.0736. The average molecular weight is 452 g/mol. The van der Waals surface area contributed by atoms with Gasteiger partial charge in [-0.15, -0.1) is 0 Å². The summed E-state index contributed by atoms with van der Waals surface area (Å²) in [5.74, 6) is 0.451. The molecule has 1 amide bonds. The monoisotopic (exact) mass is 451 g/mol. The number of rotatable bonds is 4. The van der Waals surface area contributed by atoms with Crippen LogP contribution in [0.25, 0.3) is 11.3 Å². The van der Waals surface area contributed by atoms with Gasteiger partial charge >= 0.3 is 0 Å². The highest BCUT2D eigenvalue weighted by Gasteiger charge is 2.21. The molecule has 0 bridgehead atoms. The number of hydrogen-bond donors (Lipinski definition) is 0. The van der Waals surface area contributed by atoms with Crippen LogP contribution in [0, 0.1) is 0 Å². The van der Waals surface area contributed by atoms with Gasteiger partial charge in [0, 0.05) is 37.8 Å². The van der Waals surface area contributed by atoms with Crippen LogP contribution < -0.4 is 0 Å². The lowest BCUT2D eigenvalue weighted by Gasteiger charge is -2.24. The van der Waals surface area contributed by atoms with Crippen molar-refractivity contribution in [3.05, 3.63) is 76.9 Å². The van der Waals surface area contributed by atoms with Crippen molar-refractivity contribution in [3.8, 4) is 11.3 Å². The molecule has 2 heterocycles. The Balaban J connectivity index is 1.41. The normalized spacial score (nSPS) is 16.5. The first-order valence-electron chi connectivity index (χ1n) is 11.5. The van der Waals surface area contributed by atoms with Gasteiger partial charge in [0.05, 0.1) is 5.02 Å². The van der Waals surface area contributed by atoms with E-state index in [9.17, 15) is 4.79 Å². The lowest BCUT2D eigenvalue weighted by atomic mass is 10.1. The minimum atomic E-state index is -0.0686. The van der Waals surface area contributed by atoms with E-state index in [1.165, 1.54) is 18.4 Å². The number of aromatic nitrogens is 1. The lowest BCUT2D eigenvalue weighted by Crippen LogP contribution is -2.35. The molecule has 168 valence electrons. The van der Waals surface area contributed by atoms with Gasteiger partial charge in [-0.3, -0.25) is 9.69 Å². The number of carbonyl (C=O) groups is 1. The van der Waals surface area contributed by atoms with Crippen molar-refractivity contribution in [2.45, 2.75) is 38.6 Å². The molecule has 1 aliphatic rings. The van der Waals surface area contributed by atoms with E-state index < -0.39 is 0 Å². The van der Waals surface area contributed by atoms with E-state index in [0.29, 0.717) is 16.5 Å². The second kappa shape index (κ2) is 11.3. The first-order valence-corrected chi connectivity index (χ1v) is 11.9. The summed E-state index contributed by atoms with van der Waals surface area (Å²) in [6, 6.07) is 19.7. The smallest absolute Gasteiger partial charge is 0.276 e. The third-order valence-electron chi connectivity index (χ3n) is 5.96. The van der Waals surface area contributed by atoms with Crippen LogP contribution in [-0.4, -0.2) is 47.0 Å². The number of nitrogens with zero attached hydrogens (tertiary/aromatic N) is 3. The van der Waals surface area contributed by atoms with Gasteiger partial charge < -0.3 is 9.42 Å². The number of amides is 1. The second-order valence-electron chi connectivity index (χ2n) is 8.38. The Kier molecular flexibility index (Phi) is 7.97. The Labute approximate surface area is 195 Å². The number of carbonyl (C=O) groups excluding carboxylic acids is 1. The third-order valence-corrected chi connectivity index (χ3v) is 6.29. The maximum absolute atomic E-state index is 13.2. The fourth-order valence-electron chi connectivity index (χ4n) is 4.23. The summed E-state index contributed by atoms with van der Waals surface area (Å²) in [4.78, 5) is 17.6. The zero-order valence-electron chi connectivity index (χ0n) is 18.4. The highest BCUT2D eigenvalue weighted by molar-refractivity contribution is 6.33. The van der Waals surface area contributed by atoms with Gasteiger partial charge in [0.2, 0.25) is 0 Å². The minimum absolute atomic E-state index is 0.0686. The van der Waals surface area contributed by atoms with Crippen LogP contribution in [0.2, 0.25) is 5.02 Å². The Hall–Kier alpha value is -2.63. The van der Waals surface area contributed by atoms with Crippen LogP contribution in [0.15, 0.2) is 65.2 Å². The average Bonchev–Trinajstić information content (AvgIpc) is 3.28. The molecule has 4 rings (SSSR count). The molecule has 0 atom stereocenters. The molecule has 5 nitrogen and oxygen atoms in total. The topological polar surface area (TPSA) is 49.6 Å². The molecule has 0 spiro atoms. The second-order valence-corrected chi connectivity index (χ2v) is 8.79. The van der Waals surface area contributed by atoms with Crippen LogP contribution in [0.1, 0.15) is 48.2 Å². The van der Waals surface area contributed by atoms with Crippen molar-refractivity contribution in [1.29, 1.82) is 0 Å². The maximum atomic E-state index is 13.2. The van der Waals surface area contributed by atoms with Gasteiger partial charge in [0.25, 0.3) is 5.91 Å². The van der Waals surface area contributed by atoms with Crippen molar-refractivity contribution < 1.29 is 9.32 Å². The van der Waals surface area contributed by atoms with E-state index in [1.807, 2.05) is 23.1 Å². The highest BCUT2D eigenvalue weighted by atomic mass is 35.5. The Morgan fingerprint density at radius 2 is 1.56 bits per heavy atom. The molecular formula is C26H30ClN3O2. The van der Waals surface area contributed by atoms with E-state index in [0.717, 1.165) is 57.5 Å². The van der Waals surface area contributed by atoms with E-state index in [-0.39, 0.29) is 5.91 Å². The molecule has 0 aliphatic carbocycles. The van der Waals surface area contributed by atoms with Crippen molar-refractivity contribution in [2.24, 2.45) is 0 Å². The predicted molar refractivity (Wildman–Crippen MR) is 128 cm³/mol. The molecule has 6 heteroatoms. The summed E-state index contributed by atoms with van der Waals surface area (Å²) >= 11 is 6.27. The summed E-state index contributed by atoms with van der Waals surface area (Å²) in [7, 11) is 0. The number of benzene rings is 2. The molecule has 0 saturated carbocycles. The quantitative estimate of drug-likeness (QED) is 0.495. The van der Waals surface area contributed by atoms with Crippen LogP contribution in [-0.2, 0) is 6.54 Å². The molecule has 2 aromatic carbocycles. The van der Waals surface area contributed by atoms with Gasteiger partial charge in [-0.2, -0.15) is 0 Å². The van der Waals surface area contributed by atoms with E-state index in [4.69, 9.17) is 16.1 Å². The van der Waals surface area contributed by atoms with Crippen molar-refractivity contribution in [1.82, 2.24) is 15.0 Å². The number of hydrogen-bond acceptors (Lipinski definition) is 4. The fraction of sp³-hybridized carbons (Fsp3) is 0.385. The Bertz CT molecular complexity index is 1010. The molecule has 32 heavy (non-hydrogen) atoms.